The first kappa shape index (κ1) is 50.8. The van der Waals surface area contributed by atoms with Gasteiger partial charge < -0.3 is 0 Å². The largest absolute Gasteiger partial charge is 0.0776 e. The maximum absolute atomic E-state index is 2.38. The van der Waals surface area contributed by atoms with E-state index in [0.29, 0.717) is 10.8 Å². The van der Waals surface area contributed by atoms with Gasteiger partial charge in [0.15, 0.2) is 0 Å². The maximum atomic E-state index is 2.38. The Kier molecular flexibility index (Phi) is 33.1. The van der Waals surface area contributed by atoms with Crippen LogP contribution in [-0.2, 0) is 0 Å². The Morgan fingerprint density at radius 2 is 0.316 bits per heavy atom. The third-order valence-corrected chi connectivity index (χ3v) is 6.73. The lowest BCUT2D eigenvalue weighted by Crippen LogP contribution is -2.29. The van der Waals surface area contributed by atoms with Gasteiger partial charge in [0.25, 0.3) is 0 Å². The van der Waals surface area contributed by atoms with E-state index in [1.54, 1.807) is 0 Å². The van der Waals surface area contributed by atoms with Crippen LogP contribution in [0.15, 0.2) is 0 Å². The fraction of sp³-hybridized carbons (Fsp3) is 1.00. The molecule has 0 aliphatic heterocycles. The fourth-order valence-electron chi connectivity index (χ4n) is 7.93. The molecular formula is C38H88. The van der Waals surface area contributed by atoms with E-state index in [0.717, 1.165) is 47.3 Å². The minimum Gasteiger partial charge on any atom is -0.0776 e. The summed E-state index contributed by atoms with van der Waals surface area (Å²) in [5.74, 6) is 6.60. The maximum Gasteiger partial charge on any atom is -0.0288 e. The second kappa shape index (κ2) is 24.8. The van der Waals surface area contributed by atoms with Crippen LogP contribution in [0.4, 0.5) is 0 Å². The molecule has 0 aromatic heterocycles. The summed E-state index contributed by atoms with van der Waals surface area (Å²) in [5, 5.41) is 0. The average molecular weight is 545 g/mol. The SMILES string of the molecule is C.C.C.C.CC(C)CC(CC(C)C)(CC(C)C)CC(C)C.CC(C)CC(CC(C)C)(CC(C)C)CC(C)C. The molecule has 0 radical (unpaired) electrons. The van der Waals surface area contributed by atoms with Crippen LogP contribution in [0.1, 0.15) is 192 Å². The third-order valence-electron chi connectivity index (χ3n) is 6.73. The molecule has 0 atom stereocenters. The Balaban J connectivity index is -0.000000122. The van der Waals surface area contributed by atoms with Crippen molar-refractivity contribution in [2.24, 2.45) is 58.2 Å². The zero-order chi connectivity index (χ0) is 27.3. The molecule has 0 saturated heterocycles. The molecule has 0 fully saturated rings. The van der Waals surface area contributed by atoms with Gasteiger partial charge in [0.05, 0.1) is 0 Å². The van der Waals surface area contributed by atoms with Gasteiger partial charge in [-0.1, -0.05) is 140 Å². The van der Waals surface area contributed by atoms with Gasteiger partial charge in [-0.05, 0) is 110 Å². The van der Waals surface area contributed by atoms with Crippen LogP contribution in [0.25, 0.3) is 0 Å². The van der Waals surface area contributed by atoms with E-state index in [2.05, 4.69) is 111 Å². The highest BCUT2D eigenvalue weighted by Crippen LogP contribution is 2.45. The molecule has 0 heteroatoms. The van der Waals surface area contributed by atoms with Crippen molar-refractivity contribution in [1.29, 1.82) is 0 Å². The molecule has 0 saturated carbocycles. The molecule has 0 aliphatic carbocycles. The molecule has 0 N–H and O–H groups in total. The van der Waals surface area contributed by atoms with Crippen LogP contribution in [0.5, 0.6) is 0 Å². The molecule has 0 bridgehead atoms. The van der Waals surface area contributed by atoms with Crippen LogP contribution in [-0.4, -0.2) is 0 Å². The zero-order valence-electron chi connectivity index (χ0n) is 27.3. The van der Waals surface area contributed by atoms with Crippen molar-refractivity contribution < 1.29 is 0 Å². The zero-order valence-corrected chi connectivity index (χ0v) is 27.3. The van der Waals surface area contributed by atoms with E-state index in [9.17, 15) is 0 Å². The van der Waals surface area contributed by atoms with Gasteiger partial charge in [-0.2, -0.15) is 0 Å². The standard InChI is InChI=1S/2C17H36.4CH4/c2*1-13(2)9-17(10-14(3)4,11-15(5)6)12-16(7)8;;;;/h2*13-16H,9-12H2,1-8H3;4*1H4. The van der Waals surface area contributed by atoms with Gasteiger partial charge >= 0.3 is 0 Å². The predicted molar refractivity (Wildman–Crippen MR) is 187 cm³/mol. The summed E-state index contributed by atoms with van der Waals surface area (Å²) >= 11 is 0. The monoisotopic (exact) mass is 545 g/mol. The summed E-state index contributed by atoms with van der Waals surface area (Å²) in [6, 6.07) is 0. The summed E-state index contributed by atoms with van der Waals surface area (Å²) in [7, 11) is 0. The van der Waals surface area contributed by atoms with E-state index in [4.69, 9.17) is 0 Å². The highest BCUT2D eigenvalue weighted by molar-refractivity contribution is 4.85. The lowest BCUT2D eigenvalue weighted by Gasteiger charge is -2.40. The molecule has 0 spiro atoms. The minimum atomic E-state index is 0. The summed E-state index contributed by atoms with van der Waals surface area (Å²) in [6.07, 6.45) is 11.2. The van der Waals surface area contributed by atoms with Crippen molar-refractivity contribution in [3.05, 3.63) is 0 Å². The predicted octanol–water partition coefficient (Wildman–Crippen LogP) is 14.9. The van der Waals surface area contributed by atoms with Crippen LogP contribution in [0.2, 0.25) is 0 Å². The molecule has 240 valence electrons. The molecule has 0 aromatic rings. The molecule has 38 heavy (non-hydrogen) atoms. The van der Waals surface area contributed by atoms with Gasteiger partial charge in [-0.25, -0.2) is 0 Å². The van der Waals surface area contributed by atoms with Crippen LogP contribution in [0.3, 0.4) is 0 Å². The smallest absolute Gasteiger partial charge is 0.0288 e. The fourth-order valence-corrected chi connectivity index (χ4v) is 7.93. The van der Waals surface area contributed by atoms with Crippen molar-refractivity contribution >= 4 is 0 Å². The molecule has 0 rings (SSSR count). The van der Waals surface area contributed by atoms with Crippen molar-refractivity contribution in [3.63, 3.8) is 0 Å². The molecule has 0 aliphatic rings. The summed E-state index contributed by atoms with van der Waals surface area (Å²) < 4.78 is 0. The second-order valence-electron chi connectivity index (χ2n) is 15.8. The highest BCUT2D eigenvalue weighted by Gasteiger charge is 2.34. The summed E-state index contributed by atoms with van der Waals surface area (Å²) in [6.45, 7) is 38.2. The number of hydrogen-bond acceptors (Lipinski definition) is 0. The Bertz CT molecular complexity index is 325. The minimum absolute atomic E-state index is 0. The molecule has 0 amide bonds. The normalized spacial score (nSPS) is 12.0. The van der Waals surface area contributed by atoms with Gasteiger partial charge in [-0.3, -0.25) is 0 Å². The quantitative estimate of drug-likeness (QED) is 0.181. The van der Waals surface area contributed by atoms with E-state index in [1.165, 1.54) is 51.4 Å². The number of rotatable bonds is 16. The van der Waals surface area contributed by atoms with Crippen molar-refractivity contribution in [2.75, 3.05) is 0 Å². The highest BCUT2D eigenvalue weighted by atomic mass is 14.4. The van der Waals surface area contributed by atoms with Crippen LogP contribution in [0, 0.1) is 58.2 Å². The first-order chi connectivity index (χ1) is 15.3. The van der Waals surface area contributed by atoms with Crippen molar-refractivity contribution in [3.8, 4) is 0 Å². The summed E-state index contributed by atoms with van der Waals surface area (Å²) in [5.41, 5.74) is 1.18. The first-order valence-electron chi connectivity index (χ1n) is 15.3. The van der Waals surface area contributed by atoms with E-state index in [1.807, 2.05) is 0 Å². The lowest BCUT2D eigenvalue weighted by atomic mass is 9.65. The molecular weight excluding hydrogens is 456 g/mol. The molecule has 0 heterocycles. The molecule has 0 aromatic carbocycles. The van der Waals surface area contributed by atoms with E-state index in [-0.39, 0.29) is 29.7 Å². The second-order valence-corrected chi connectivity index (χ2v) is 15.8. The third kappa shape index (κ3) is 27.6. The van der Waals surface area contributed by atoms with E-state index >= 15 is 0 Å². The van der Waals surface area contributed by atoms with Crippen molar-refractivity contribution in [1.82, 2.24) is 0 Å². The Morgan fingerprint density at radius 1 is 0.237 bits per heavy atom. The van der Waals surface area contributed by atoms with Crippen LogP contribution >= 0.6 is 0 Å². The topological polar surface area (TPSA) is 0 Å². The van der Waals surface area contributed by atoms with Crippen LogP contribution < -0.4 is 0 Å². The summed E-state index contributed by atoms with van der Waals surface area (Å²) in [4.78, 5) is 0. The van der Waals surface area contributed by atoms with Gasteiger partial charge in [0.2, 0.25) is 0 Å². The van der Waals surface area contributed by atoms with E-state index < -0.39 is 0 Å². The first-order valence-corrected chi connectivity index (χ1v) is 15.3. The Labute approximate surface area is 249 Å². The van der Waals surface area contributed by atoms with Crippen molar-refractivity contribution in [2.45, 2.75) is 192 Å². The van der Waals surface area contributed by atoms with Gasteiger partial charge in [0.1, 0.15) is 0 Å². The lowest BCUT2D eigenvalue weighted by molar-refractivity contribution is 0.111. The van der Waals surface area contributed by atoms with Gasteiger partial charge in [-0.15, -0.1) is 0 Å². The van der Waals surface area contributed by atoms with Gasteiger partial charge in [0, 0.05) is 0 Å². The molecule has 0 unspecified atom stereocenters. The Morgan fingerprint density at radius 3 is 0.368 bits per heavy atom. The Hall–Kier alpha value is 0. The number of hydrogen-bond donors (Lipinski definition) is 0. The molecule has 0 nitrogen and oxygen atoms in total. The average Bonchev–Trinajstić information content (AvgIpc) is 2.48.